The zero-order valence-electron chi connectivity index (χ0n) is 14.7. The second kappa shape index (κ2) is 7.28. The number of anilines is 1. The van der Waals surface area contributed by atoms with E-state index in [0.29, 0.717) is 22.5 Å². The first-order chi connectivity index (χ1) is 13.6. The van der Waals surface area contributed by atoms with Gasteiger partial charge in [0, 0.05) is 11.6 Å². The van der Waals surface area contributed by atoms with Crippen molar-refractivity contribution in [1.29, 1.82) is 0 Å². The number of hydrogen-bond donors (Lipinski definition) is 0. The Hall–Kier alpha value is -4.06. The maximum absolute atomic E-state index is 13.1. The Morgan fingerprint density at radius 1 is 0.857 bits per heavy atom. The summed E-state index contributed by atoms with van der Waals surface area (Å²) in [6, 6.07) is 24.7. The summed E-state index contributed by atoms with van der Waals surface area (Å²) in [5.74, 6) is -0.330. The van der Waals surface area contributed by atoms with E-state index in [9.17, 15) is 14.9 Å². The van der Waals surface area contributed by atoms with Crippen LogP contribution < -0.4 is 5.01 Å². The van der Waals surface area contributed by atoms with Gasteiger partial charge >= 0.3 is 0 Å². The van der Waals surface area contributed by atoms with Crippen molar-refractivity contribution < 1.29 is 9.72 Å². The first-order valence-corrected chi connectivity index (χ1v) is 8.64. The number of hydrogen-bond acceptors (Lipinski definition) is 4. The summed E-state index contributed by atoms with van der Waals surface area (Å²) in [7, 11) is 0. The third-order valence-corrected chi connectivity index (χ3v) is 4.36. The van der Waals surface area contributed by atoms with E-state index < -0.39 is 4.92 Å². The number of carbonyl (C=O) groups is 1. The molecule has 0 unspecified atom stereocenters. The fourth-order valence-corrected chi connectivity index (χ4v) is 3.03. The molecule has 1 aliphatic heterocycles. The minimum Gasteiger partial charge on any atom is -0.267 e. The lowest BCUT2D eigenvalue weighted by Crippen LogP contribution is -2.21. The Bertz CT molecular complexity index is 1110. The summed E-state index contributed by atoms with van der Waals surface area (Å²) < 4.78 is 0. The van der Waals surface area contributed by atoms with Gasteiger partial charge < -0.3 is 0 Å². The number of nitro benzene ring substituents is 1. The molecular formula is C22H15N3O3. The number of nitro groups is 1. The molecule has 6 nitrogen and oxygen atoms in total. The predicted molar refractivity (Wildman–Crippen MR) is 108 cm³/mol. The summed E-state index contributed by atoms with van der Waals surface area (Å²) >= 11 is 0. The lowest BCUT2D eigenvalue weighted by atomic mass is 9.99. The maximum Gasteiger partial charge on any atom is 0.281 e. The van der Waals surface area contributed by atoms with Gasteiger partial charge in [0.1, 0.15) is 5.71 Å². The molecule has 0 aliphatic carbocycles. The molecule has 0 spiro atoms. The zero-order chi connectivity index (χ0) is 19.5. The van der Waals surface area contributed by atoms with Gasteiger partial charge in [0.2, 0.25) is 0 Å². The van der Waals surface area contributed by atoms with Crippen LogP contribution in [0.3, 0.4) is 0 Å². The number of hydrazone groups is 1. The molecule has 1 amide bonds. The van der Waals surface area contributed by atoms with E-state index in [1.165, 1.54) is 17.2 Å². The van der Waals surface area contributed by atoms with Gasteiger partial charge in [-0.2, -0.15) is 10.1 Å². The van der Waals surface area contributed by atoms with Gasteiger partial charge in [-0.25, -0.2) is 0 Å². The predicted octanol–water partition coefficient (Wildman–Crippen LogP) is 4.43. The van der Waals surface area contributed by atoms with Gasteiger partial charge in [0.15, 0.2) is 0 Å². The fourth-order valence-electron chi connectivity index (χ4n) is 3.03. The van der Waals surface area contributed by atoms with Gasteiger partial charge in [-0.05, 0) is 24.3 Å². The molecule has 3 aromatic carbocycles. The van der Waals surface area contributed by atoms with Gasteiger partial charge in [-0.3, -0.25) is 14.9 Å². The van der Waals surface area contributed by atoms with Crippen molar-refractivity contribution in [2.24, 2.45) is 5.10 Å². The molecule has 0 N–H and O–H groups in total. The first kappa shape index (κ1) is 17.4. The van der Waals surface area contributed by atoms with E-state index in [1.807, 2.05) is 48.5 Å². The molecule has 1 heterocycles. The zero-order valence-corrected chi connectivity index (χ0v) is 14.7. The molecule has 3 aromatic rings. The molecule has 4 rings (SSSR count). The van der Waals surface area contributed by atoms with Crippen LogP contribution in [-0.2, 0) is 4.79 Å². The summed E-state index contributed by atoms with van der Waals surface area (Å²) in [5.41, 5.74) is 2.48. The van der Waals surface area contributed by atoms with Crippen molar-refractivity contribution in [3.63, 3.8) is 0 Å². The highest BCUT2D eigenvalue weighted by atomic mass is 16.6. The van der Waals surface area contributed by atoms with Crippen molar-refractivity contribution in [2.75, 3.05) is 5.01 Å². The van der Waals surface area contributed by atoms with Crippen LogP contribution in [0, 0.1) is 10.1 Å². The molecule has 0 bridgehead atoms. The summed E-state index contributed by atoms with van der Waals surface area (Å²) in [5, 5.41) is 17.2. The number of para-hydroxylation sites is 2. The van der Waals surface area contributed by atoms with Crippen molar-refractivity contribution in [2.45, 2.75) is 0 Å². The molecule has 0 fully saturated rings. The average Bonchev–Trinajstić information content (AvgIpc) is 3.06. The molecule has 0 saturated heterocycles. The lowest BCUT2D eigenvalue weighted by Gasteiger charge is -2.10. The molecule has 0 saturated carbocycles. The second-order valence-corrected chi connectivity index (χ2v) is 6.14. The average molecular weight is 369 g/mol. The van der Waals surface area contributed by atoms with E-state index >= 15 is 0 Å². The van der Waals surface area contributed by atoms with Crippen molar-refractivity contribution in [1.82, 2.24) is 0 Å². The minimum absolute atomic E-state index is 0.0617. The van der Waals surface area contributed by atoms with Crippen LogP contribution in [0.5, 0.6) is 0 Å². The minimum atomic E-state index is -0.458. The van der Waals surface area contributed by atoms with Crippen LogP contribution in [0.4, 0.5) is 11.4 Å². The second-order valence-electron chi connectivity index (χ2n) is 6.14. The highest BCUT2D eigenvalue weighted by molar-refractivity contribution is 6.37. The topological polar surface area (TPSA) is 75.8 Å². The SMILES string of the molecule is O=C1/C(=C\c2ccccc2[N+](=O)[O-])C(c2ccccc2)=NN1c1ccccc1. The summed E-state index contributed by atoms with van der Waals surface area (Å²) in [6.45, 7) is 0. The Morgan fingerprint density at radius 2 is 1.46 bits per heavy atom. The van der Waals surface area contributed by atoms with E-state index in [1.54, 1.807) is 30.3 Å². The lowest BCUT2D eigenvalue weighted by molar-refractivity contribution is -0.385. The number of rotatable bonds is 4. The number of carbonyl (C=O) groups excluding carboxylic acids is 1. The highest BCUT2D eigenvalue weighted by Crippen LogP contribution is 2.29. The largest absolute Gasteiger partial charge is 0.281 e. The monoisotopic (exact) mass is 369 g/mol. The molecule has 1 aliphatic rings. The van der Waals surface area contributed by atoms with Crippen LogP contribution in [0.2, 0.25) is 0 Å². The van der Waals surface area contributed by atoms with Gasteiger partial charge in [0.25, 0.3) is 11.6 Å². The third kappa shape index (κ3) is 3.19. The summed E-state index contributed by atoms with van der Waals surface area (Å²) in [6.07, 6.45) is 1.54. The van der Waals surface area contributed by atoms with Crippen molar-refractivity contribution >= 4 is 29.1 Å². The molecule has 0 radical (unpaired) electrons. The molecular weight excluding hydrogens is 354 g/mol. The van der Waals surface area contributed by atoms with Crippen LogP contribution in [-0.4, -0.2) is 16.5 Å². The Balaban J connectivity index is 1.87. The first-order valence-electron chi connectivity index (χ1n) is 8.64. The van der Waals surface area contributed by atoms with E-state index in [2.05, 4.69) is 5.10 Å². The smallest absolute Gasteiger partial charge is 0.267 e. The van der Waals surface area contributed by atoms with Crippen LogP contribution in [0.15, 0.2) is 95.6 Å². The van der Waals surface area contributed by atoms with Crippen LogP contribution in [0.25, 0.3) is 6.08 Å². The normalized spacial score (nSPS) is 15.0. The molecule has 6 heteroatoms. The quantitative estimate of drug-likeness (QED) is 0.388. The summed E-state index contributed by atoms with van der Waals surface area (Å²) in [4.78, 5) is 24.1. The van der Waals surface area contributed by atoms with E-state index in [4.69, 9.17) is 0 Å². The molecule has 0 atom stereocenters. The highest BCUT2D eigenvalue weighted by Gasteiger charge is 2.32. The van der Waals surface area contributed by atoms with Crippen LogP contribution >= 0.6 is 0 Å². The van der Waals surface area contributed by atoms with E-state index in [0.717, 1.165) is 5.56 Å². The Morgan fingerprint density at radius 3 is 2.14 bits per heavy atom. The number of benzene rings is 3. The number of amides is 1. The Kier molecular flexibility index (Phi) is 4.51. The maximum atomic E-state index is 13.1. The van der Waals surface area contributed by atoms with Gasteiger partial charge in [-0.1, -0.05) is 60.7 Å². The fraction of sp³-hybridized carbons (Fsp3) is 0. The van der Waals surface area contributed by atoms with E-state index in [-0.39, 0.29) is 11.6 Å². The van der Waals surface area contributed by atoms with Crippen molar-refractivity contribution in [3.05, 3.63) is 112 Å². The van der Waals surface area contributed by atoms with Gasteiger partial charge in [-0.15, -0.1) is 0 Å². The van der Waals surface area contributed by atoms with Gasteiger partial charge in [0.05, 0.1) is 21.7 Å². The van der Waals surface area contributed by atoms with Crippen molar-refractivity contribution in [3.8, 4) is 0 Å². The molecule has 136 valence electrons. The number of nitrogens with zero attached hydrogens (tertiary/aromatic N) is 3. The van der Waals surface area contributed by atoms with Crippen LogP contribution in [0.1, 0.15) is 11.1 Å². The standard InChI is InChI=1S/C22H15N3O3/c26-22-19(15-17-11-7-8-14-20(17)25(27)28)21(16-9-3-1-4-10-16)23-24(22)18-12-5-2-6-13-18/h1-15H/b19-15-. The molecule has 28 heavy (non-hydrogen) atoms. The molecule has 0 aromatic heterocycles. The Labute approximate surface area is 161 Å². The third-order valence-electron chi connectivity index (χ3n) is 4.36.